The molecule has 2 heterocycles. The number of nitrogens with one attached hydrogen (secondary N) is 1. The molecular formula is C15H12N4. The molecule has 0 amide bonds. The van der Waals surface area contributed by atoms with Gasteiger partial charge in [0.2, 0.25) is 0 Å². The number of nitrogens with zero attached hydrogens (tertiary/aromatic N) is 2. The van der Waals surface area contributed by atoms with Crippen molar-refractivity contribution >= 4 is 17.5 Å². The lowest BCUT2D eigenvalue weighted by atomic mass is 10.0. The maximum Gasteiger partial charge on any atom is 0.104 e. The molecule has 1 aromatic heterocycles. The van der Waals surface area contributed by atoms with Gasteiger partial charge in [0.05, 0.1) is 11.4 Å². The van der Waals surface area contributed by atoms with Crippen molar-refractivity contribution in [3.05, 3.63) is 47.7 Å². The zero-order valence-corrected chi connectivity index (χ0v) is 10.2. The van der Waals surface area contributed by atoms with Crippen LogP contribution in [-0.4, -0.2) is 11.5 Å². The van der Waals surface area contributed by atoms with Crippen LogP contribution in [0.4, 0.5) is 11.4 Å². The fourth-order valence-corrected chi connectivity index (χ4v) is 2.18. The normalized spacial score (nSPS) is 12.4. The van der Waals surface area contributed by atoms with E-state index in [9.17, 15) is 5.26 Å². The molecular weight excluding hydrogens is 236 g/mol. The quantitative estimate of drug-likeness (QED) is 0.813. The smallest absolute Gasteiger partial charge is 0.104 e. The van der Waals surface area contributed by atoms with E-state index in [0.717, 1.165) is 23.4 Å². The molecule has 0 bridgehead atoms. The zero-order chi connectivity index (χ0) is 13.2. The summed E-state index contributed by atoms with van der Waals surface area (Å²) in [5.41, 5.74) is 10.4. The third-order valence-corrected chi connectivity index (χ3v) is 3.13. The van der Waals surface area contributed by atoms with Gasteiger partial charge in [-0.05, 0) is 23.8 Å². The first-order valence-corrected chi connectivity index (χ1v) is 5.99. The standard InChI is InChI=1S/C15H12N4/c16-9-12-13(17)5-7-19-15(12)11-3-4-14-10(8-11)2-1-6-18-14/h1-5,7-8,18H,6H2,(H2,17,19). The van der Waals surface area contributed by atoms with E-state index in [0.29, 0.717) is 16.9 Å². The van der Waals surface area contributed by atoms with Crippen LogP contribution in [-0.2, 0) is 0 Å². The number of hydrogen-bond acceptors (Lipinski definition) is 4. The van der Waals surface area contributed by atoms with Crippen LogP contribution >= 0.6 is 0 Å². The van der Waals surface area contributed by atoms with Crippen LogP contribution in [0.3, 0.4) is 0 Å². The molecule has 3 N–H and O–H groups in total. The number of aromatic nitrogens is 1. The highest BCUT2D eigenvalue weighted by atomic mass is 14.9. The van der Waals surface area contributed by atoms with E-state index in [1.807, 2.05) is 18.2 Å². The molecule has 1 aliphatic rings. The maximum absolute atomic E-state index is 9.20. The average Bonchev–Trinajstić information content (AvgIpc) is 2.46. The first-order valence-electron chi connectivity index (χ1n) is 5.99. The largest absolute Gasteiger partial charge is 0.398 e. The maximum atomic E-state index is 9.20. The lowest BCUT2D eigenvalue weighted by Gasteiger charge is -2.14. The van der Waals surface area contributed by atoms with Crippen LogP contribution in [0.1, 0.15) is 11.1 Å². The number of nitrogens with two attached hydrogens (primary N) is 1. The molecule has 0 atom stereocenters. The molecule has 0 fully saturated rings. The Morgan fingerprint density at radius 1 is 1.32 bits per heavy atom. The Morgan fingerprint density at radius 3 is 3.05 bits per heavy atom. The molecule has 0 radical (unpaired) electrons. The number of fused-ring (bicyclic) bond motifs is 1. The number of nitrogen functional groups attached to an aromatic ring is 1. The number of rotatable bonds is 1. The van der Waals surface area contributed by atoms with Gasteiger partial charge in [-0.25, -0.2) is 0 Å². The molecule has 4 nitrogen and oxygen atoms in total. The number of hydrogen-bond donors (Lipinski definition) is 2. The van der Waals surface area contributed by atoms with Gasteiger partial charge in [0.15, 0.2) is 0 Å². The Morgan fingerprint density at radius 2 is 2.21 bits per heavy atom. The lowest BCUT2D eigenvalue weighted by Crippen LogP contribution is -2.04. The van der Waals surface area contributed by atoms with Crippen LogP contribution in [0.2, 0.25) is 0 Å². The molecule has 2 aromatic rings. The van der Waals surface area contributed by atoms with Crippen LogP contribution in [0.15, 0.2) is 36.5 Å². The van der Waals surface area contributed by atoms with Gasteiger partial charge in [-0.2, -0.15) is 5.26 Å². The summed E-state index contributed by atoms with van der Waals surface area (Å²) in [4.78, 5) is 4.28. The third-order valence-electron chi connectivity index (χ3n) is 3.13. The predicted molar refractivity (Wildman–Crippen MR) is 76.3 cm³/mol. The molecule has 1 aromatic carbocycles. The molecule has 0 unspecified atom stereocenters. The van der Waals surface area contributed by atoms with E-state index in [2.05, 4.69) is 28.5 Å². The molecule has 19 heavy (non-hydrogen) atoms. The number of pyridine rings is 1. The summed E-state index contributed by atoms with van der Waals surface area (Å²) in [5.74, 6) is 0. The Kier molecular flexibility index (Phi) is 2.66. The van der Waals surface area contributed by atoms with E-state index in [1.165, 1.54) is 0 Å². The monoisotopic (exact) mass is 248 g/mol. The summed E-state index contributed by atoms with van der Waals surface area (Å²) >= 11 is 0. The second-order valence-corrected chi connectivity index (χ2v) is 4.32. The van der Waals surface area contributed by atoms with Crippen molar-refractivity contribution in [1.29, 1.82) is 5.26 Å². The Labute approximate surface area is 111 Å². The van der Waals surface area contributed by atoms with Gasteiger partial charge in [0, 0.05) is 24.0 Å². The van der Waals surface area contributed by atoms with Gasteiger partial charge in [-0.15, -0.1) is 0 Å². The van der Waals surface area contributed by atoms with Crippen molar-refractivity contribution in [1.82, 2.24) is 4.98 Å². The van der Waals surface area contributed by atoms with Gasteiger partial charge in [0.1, 0.15) is 11.6 Å². The van der Waals surface area contributed by atoms with E-state index in [-0.39, 0.29) is 0 Å². The minimum atomic E-state index is 0.426. The second kappa shape index (κ2) is 4.46. The van der Waals surface area contributed by atoms with Gasteiger partial charge in [0.25, 0.3) is 0 Å². The predicted octanol–water partition coefficient (Wildman–Crippen LogP) is 2.64. The van der Waals surface area contributed by atoms with Crippen molar-refractivity contribution in [2.24, 2.45) is 0 Å². The van der Waals surface area contributed by atoms with Crippen molar-refractivity contribution in [2.45, 2.75) is 0 Å². The summed E-state index contributed by atoms with van der Waals surface area (Å²) in [7, 11) is 0. The van der Waals surface area contributed by atoms with Gasteiger partial charge < -0.3 is 11.1 Å². The minimum Gasteiger partial charge on any atom is -0.398 e. The van der Waals surface area contributed by atoms with Gasteiger partial charge >= 0.3 is 0 Å². The fraction of sp³-hybridized carbons (Fsp3) is 0.0667. The summed E-state index contributed by atoms with van der Waals surface area (Å²) in [5, 5.41) is 12.5. The fourth-order valence-electron chi connectivity index (χ4n) is 2.18. The topological polar surface area (TPSA) is 74.7 Å². The highest BCUT2D eigenvalue weighted by Gasteiger charge is 2.12. The van der Waals surface area contributed by atoms with Crippen molar-refractivity contribution in [3.63, 3.8) is 0 Å². The third kappa shape index (κ3) is 1.91. The Hall–Kier alpha value is -2.80. The molecule has 0 spiro atoms. The Bertz CT molecular complexity index is 711. The SMILES string of the molecule is N#Cc1c(N)ccnc1-c1ccc2c(c1)C=CCN2. The van der Waals surface area contributed by atoms with Crippen LogP contribution in [0.5, 0.6) is 0 Å². The van der Waals surface area contributed by atoms with Crippen molar-refractivity contribution in [2.75, 3.05) is 17.6 Å². The number of anilines is 2. The minimum absolute atomic E-state index is 0.426. The first kappa shape index (κ1) is 11.3. The second-order valence-electron chi connectivity index (χ2n) is 4.32. The van der Waals surface area contributed by atoms with Gasteiger partial charge in [-0.1, -0.05) is 18.2 Å². The van der Waals surface area contributed by atoms with Crippen molar-refractivity contribution in [3.8, 4) is 17.3 Å². The molecule has 0 saturated carbocycles. The summed E-state index contributed by atoms with van der Waals surface area (Å²) in [6.07, 6.45) is 5.75. The summed E-state index contributed by atoms with van der Waals surface area (Å²) in [6, 6.07) is 9.73. The first-order chi connectivity index (χ1) is 9.29. The highest BCUT2D eigenvalue weighted by molar-refractivity contribution is 5.79. The number of nitriles is 1. The van der Waals surface area contributed by atoms with Crippen molar-refractivity contribution < 1.29 is 0 Å². The lowest BCUT2D eigenvalue weighted by molar-refractivity contribution is 1.28. The molecule has 0 saturated heterocycles. The van der Waals surface area contributed by atoms with E-state index in [1.54, 1.807) is 12.3 Å². The molecule has 0 aliphatic carbocycles. The Balaban J connectivity index is 2.17. The van der Waals surface area contributed by atoms with E-state index in [4.69, 9.17) is 5.73 Å². The molecule has 3 rings (SSSR count). The summed E-state index contributed by atoms with van der Waals surface area (Å²) < 4.78 is 0. The van der Waals surface area contributed by atoms with E-state index >= 15 is 0 Å². The number of benzene rings is 1. The van der Waals surface area contributed by atoms with Crippen LogP contribution in [0, 0.1) is 11.3 Å². The average molecular weight is 248 g/mol. The van der Waals surface area contributed by atoms with E-state index < -0.39 is 0 Å². The molecule has 1 aliphatic heterocycles. The van der Waals surface area contributed by atoms with Crippen LogP contribution < -0.4 is 11.1 Å². The zero-order valence-electron chi connectivity index (χ0n) is 10.2. The summed E-state index contributed by atoms with van der Waals surface area (Å²) in [6.45, 7) is 0.840. The molecule has 4 heteroatoms. The van der Waals surface area contributed by atoms with Gasteiger partial charge in [-0.3, -0.25) is 4.98 Å². The molecule has 92 valence electrons. The highest BCUT2D eigenvalue weighted by Crippen LogP contribution is 2.30. The van der Waals surface area contributed by atoms with Crippen LogP contribution in [0.25, 0.3) is 17.3 Å².